The largest absolute Gasteiger partial charge is 0.493 e. The number of aromatic nitrogens is 3. The van der Waals surface area contributed by atoms with Gasteiger partial charge in [0.15, 0.2) is 11.6 Å². The number of nitrogens with zero attached hydrogens (tertiary/aromatic N) is 3. The van der Waals surface area contributed by atoms with Crippen LogP contribution < -0.4 is 10.5 Å². The van der Waals surface area contributed by atoms with Gasteiger partial charge in [-0.25, -0.2) is 9.67 Å². The third kappa shape index (κ3) is 2.12. The molecule has 0 saturated carbocycles. The number of nitrogens with two attached hydrogens (primary N) is 1. The van der Waals surface area contributed by atoms with Crippen molar-refractivity contribution in [1.29, 1.82) is 0 Å². The molecule has 2 aromatic heterocycles. The van der Waals surface area contributed by atoms with E-state index < -0.39 is 0 Å². The highest BCUT2D eigenvalue weighted by Gasteiger charge is 2.12. The Morgan fingerprint density at radius 2 is 2.29 bits per heavy atom. The van der Waals surface area contributed by atoms with Gasteiger partial charge in [-0.15, -0.1) is 0 Å². The third-order valence-corrected chi connectivity index (χ3v) is 2.60. The fourth-order valence-electron chi connectivity index (χ4n) is 1.55. The normalized spacial score (nSPS) is 10.2. The van der Waals surface area contributed by atoms with Gasteiger partial charge in [-0.2, -0.15) is 5.10 Å². The van der Waals surface area contributed by atoms with E-state index in [0.717, 1.165) is 11.1 Å². The van der Waals surface area contributed by atoms with Gasteiger partial charge in [0.2, 0.25) is 0 Å². The summed E-state index contributed by atoms with van der Waals surface area (Å²) < 4.78 is 6.67. The molecule has 88 valence electrons. The van der Waals surface area contributed by atoms with Gasteiger partial charge >= 0.3 is 0 Å². The van der Waals surface area contributed by atoms with Crippen LogP contribution in [0.4, 0.5) is 0 Å². The minimum Gasteiger partial charge on any atom is -0.493 e. The average Bonchev–Trinajstić information content (AvgIpc) is 2.76. The first-order valence-electron chi connectivity index (χ1n) is 4.98. The predicted octanol–water partition coefficient (Wildman–Crippen LogP) is 1.22. The maximum atomic E-state index is 5.71. The Bertz CT molecular complexity index is 564. The Balaban J connectivity index is 2.58. The molecule has 2 rings (SSSR count). The van der Waals surface area contributed by atoms with Crippen molar-refractivity contribution < 1.29 is 4.74 Å². The van der Waals surface area contributed by atoms with Crippen LogP contribution in [0.1, 0.15) is 11.1 Å². The van der Waals surface area contributed by atoms with E-state index in [2.05, 4.69) is 10.1 Å². The van der Waals surface area contributed by atoms with E-state index in [4.69, 9.17) is 22.7 Å². The second-order valence-electron chi connectivity index (χ2n) is 3.52. The number of ether oxygens (including phenoxy) is 1. The van der Waals surface area contributed by atoms with Crippen LogP contribution in [-0.2, 0) is 0 Å². The van der Waals surface area contributed by atoms with Crippen molar-refractivity contribution in [2.75, 3.05) is 7.11 Å². The number of aryl methyl sites for hydroxylation is 1. The minimum atomic E-state index is 0.306. The molecular formula is C11H12N4OS. The minimum absolute atomic E-state index is 0.306. The summed E-state index contributed by atoms with van der Waals surface area (Å²) in [6, 6.07) is 1.86. The number of pyridine rings is 1. The molecule has 0 spiro atoms. The van der Waals surface area contributed by atoms with E-state index in [1.807, 2.05) is 13.0 Å². The van der Waals surface area contributed by atoms with Gasteiger partial charge in [0.25, 0.3) is 0 Å². The van der Waals surface area contributed by atoms with Crippen molar-refractivity contribution >= 4 is 17.2 Å². The van der Waals surface area contributed by atoms with Gasteiger partial charge < -0.3 is 10.5 Å². The van der Waals surface area contributed by atoms with Crippen molar-refractivity contribution in [1.82, 2.24) is 14.8 Å². The first kappa shape index (κ1) is 11.5. The molecule has 0 amide bonds. The van der Waals surface area contributed by atoms with Crippen LogP contribution in [0.5, 0.6) is 5.75 Å². The maximum Gasteiger partial charge on any atom is 0.163 e. The smallest absolute Gasteiger partial charge is 0.163 e. The van der Waals surface area contributed by atoms with Crippen molar-refractivity contribution in [3.05, 3.63) is 35.8 Å². The van der Waals surface area contributed by atoms with Gasteiger partial charge in [0.05, 0.1) is 25.1 Å². The first-order chi connectivity index (χ1) is 8.13. The first-order valence-corrected chi connectivity index (χ1v) is 5.38. The molecule has 0 saturated heterocycles. The van der Waals surface area contributed by atoms with Crippen LogP contribution in [0.25, 0.3) is 5.82 Å². The summed E-state index contributed by atoms with van der Waals surface area (Å²) in [7, 11) is 1.58. The number of methoxy groups -OCH3 is 1. The summed E-state index contributed by atoms with van der Waals surface area (Å²) in [4.78, 5) is 4.56. The van der Waals surface area contributed by atoms with Crippen LogP contribution in [-0.4, -0.2) is 26.9 Å². The molecule has 0 radical (unpaired) electrons. The second-order valence-corrected chi connectivity index (χ2v) is 3.96. The zero-order valence-electron chi connectivity index (χ0n) is 9.54. The molecule has 0 fully saturated rings. The second kappa shape index (κ2) is 4.50. The molecule has 0 atom stereocenters. The number of hydrogen-bond acceptors (Lipinski definition) is 4. The molecule has 17 heavy (non-hydrogen) atoms. The number of thiocarbonyl (C=S) groups is 1. The molecule has 0 unspecified atom stereocenters. The van der Waals surface area contributed by atoms with Crippen molar-refractivity contribution in [2.24, 2.45) is 5.73 Å². The van der Waals surface area contributed by atoms with Crippen LogP contribution in [0.15, 0.2) is 24.7 Å². The highest BCUT2D eigenvalue weighted by molar-refractivity contribution is 7.80. The summed E-state index contributed by atoms with van der Waals surface area (Å²) in [5.41, 5.74) is 7.41. The van der Waals surface area contributed by atoms with E-state index in [0.29, 0.717) is 16.6 Å². The van der Waals surface area contributed by atoms with E-state index in [1.54, 1.807) is 30.4 Å². The summed E-state index contributed by atoms with van der Waals surface area (Å²) in [5, 5.41) is 4.16. The fraction of sp³-hybridized carbons (Fsp3) is 0.182. The van der Waals surface area contributed by atoms with E-state index in [1.165, 1.54) is 0 Å². The van der Waals surface area contributed by atoms with Crippen LogP contribution in [0.3, 0.4) is 0 Å². The third-order valence-electron chi connectivity index (χ3n) is 2.40. The number of hydrogen-bond donors (Lipinski definition) is 1. The summed E-state index contributed by atoms with van der Waals surface area (Å²) in [6.07, 6.45) is 5.03. The lowest BCUT2D eigenvalue weighted by atomic mass is 10.1. The standard InChI is InChI=1S/C11H12N4OS/c1-7-3-4-13-11(9(7)10(12)17)15-6-8(16-2)5-14-15/h3-6H,1-2H3,(H2,12,17). The molecule has 6 heteroatoms. The molecule has 0 bridgehead atoms. The highest BCUT2D eigenvalue weighted by Crippen LogP contribution is 2.17. The zero-order chi connectivity index (χ0) is 12.4. The Kier molecular flexibility index (Phi) is 3.06. The van der Waals surface area contributed by atoms with Gasteiger partial charge in [-0.05, 0) is 18.6 Å². The average molecular weight is 248 g/mol. The topological polar surface area (TPSA) is 66.0 Å². The highest BCUT2D eigenvalue weighted by atomic mass is 32.1. The fourth-order valence-corrected chi connectivity index (χ4v) is 1.80. The van der Waals surface area contributed by atoms with Gasteiger partial charge in [-0.1, -0.05) is 12.2 Å². The molecule has 0 aromatic carbocycles. The van der Waals surface area contributed by atoms with Gasteiger partial charge in [-0.3, -0.25) is 0 Å². The van der Waals surface area contributed by atoms with Crippen molar-refractivity contribution in [2.45, 2.75) is 6.92 Å². The van der Waals surface area contributed by atoms with Crippen LogP contribution in [0.2, 0.25) is 0 Å². The molecule has 2 N–H and O–H groups in total. The summed E-state index contributed by atoms with van der Waals surface area (Å²) in [6.45, 7) is 1.93. The summed E-state index contributed by atoms with van der Waals surface area (Å²) >= 11 is 5.04. The van der Waals surface area contributed by atoms with E-state index in [9.17, 15) is 0 Å². The van der Waals surface area contributed by atoms with Crippen molar-refractivity contribution in [3.63, 3.8) is 0 Å². The lowest BCUT2D eigenvalue weighted by Crippen LogP contribution is -2.16. The number of rotatable bonds is 3. The maximum absolute atomic E-state index is 5.71. The Hall–Kier alpha value is -1.95. The lowest BCUT2D eigenvalue weighted by Gasteiger charge is -2.09. The van der Waals surface area contributed by atoms with Crippen LogP contribution >= 0.6 is 12.2 Å². The lowest BCUT2D eigenvalue weighted by molar-refractivity contribution is 0.414. The molecule has 0 aliphatic carbocycles. The van der Waals surface area contributed by atoms with Crippen molar-refractivity contribution in [3.8, 4) is 11.6 Å². The SMILES string of the molecule is COc1cnn(-c2nccc(C)c2C(N)=S)c1. The predicted molar refractivity (Wildman–Crippen MR) is 68.5 cm³/mol. The monoisotopic (exact) mass is 248 g/mol. The van der Waals surface area contributed by atoms with Gasteiger partial charge in [0, 0.05) is 6.20 Å². The van der Waals surface area contributed by atoms with Gasteiger partial charge in [0.1, 0.15) is 4.99 Å². The molecular weight excluding hydrogens is 236 g/mol. The Morgan fingerprint density at radius 3 is 2.88 bits per heavy atom. The molecule has 0 aliphatic rings. The Morgan fingerprint density at radius 1 is 1.53 bits per heavy atom. The van der Waals surface area contributed by atoms with E-state index in [-0.39, 0.29) is 0 Å². The Labute approximate surface area is 104 Å². The van der Waals surface area contributed by atoms with Crippen LogP contribution in [0, 0.1) is 6.92 Å². The molecule has 0 aliphatic heterocycles. The molecule has 2 heterocycles. The summed E-state index contributed by atoms with van der Waals surface area (Å²) in [5.74, 6) is 1.27. The zero-order valence-corrected chi connectivity index (χ0v) is 10.4. The van der Waals surface area contributed by atoms with E-state index >= 15 is 0 Å². The quantitative estimate of drug-likeness (QED) is 0.827. The molecule has 2 aromatic rings. The molecule has 5 nitrogen and oxygen atoms in total.